The average molecular weight is 273 g/mol. The molecular weight excluding hydrogens is 258 g/mol. The molecule has 6 nitrogen and oxygen atoms in total. The largest absolute Gasteiger partial charge is 0.488 e. The molecule has 1 atom stereocenters. The minimum absolute atomic E-state index is 0.0153. The summed E-state index contributed by atoms with van der Waals surface area (Å²) in [6.07, 6.45) is 5.68. The second kappa shape index (κ2) is 5.32. The van der Waals surface area contributed by atoms with Gasteiger partial charge in [0.1, 0.15) is 23.2 Å². The van der Waals surface area contributed by atoms with Crippen LogP contribution in [-0.2, 0) is 0 Å². The summed E-state index contributed by atoms with van der Waals surface area (Å²) in [6, 6.07) is 3.63. The van der Waals surface area contributed by atoms with Gasteiger partial charge in [-0.2, -0.15) is 0 Å². The fraction of sp³-hybridized carbons (Fsp3) is 0.357. The zero-order valence-corrected chi connectivity index (χ0v) is 11.2. The number of hydrogen-bond donors (Lipinski definition) is 0. The maximum Gasteiger partial charge on any atom is 0.259 e. The van der Waals surface area contributed by atoms with Crippen molar-refractivity contribution >= 4 is 5.91 Å². The van der Waals surface area contributed by atoms with Gasteiger partial charge >= 0.3 is 0 Å². The second-order valence-electron chi connectivity index (χ2n) is 4.76. The van der Waals surface area contributed by atoms with Crippen molar-refractivity contribution in [3.63, 3.8) is 0 Å². The molecule has 1 saturated heterocycles. The van der Waals surface area contributed by atoms with E-state index in [2.05, 4.69) is 10.1 Å². The Bertz CT molecular complexity index is 597. The Hall–Kier alpha value is -2.37. The van der Waals surface area contributed by atoms with E-state index in [0.29, 0.717) is 24.4 Å². The Morgan fingerprint density at radius 3 is 2.95 bits per heavy atom. The zero-order valence-electron chi connectivity index (χ0n) is 11.2. The fourth-order valence-corrected chi connectivity index (χ4v) is 2.29. The quantitative estimate of drug-likeness (QED) is 0.851. The second-order valence-corrected chi connectivity index (χ2v) is 4.76. The van der Waals surface area contributed by atoms with Crippen molar-refractivity contribution in [3.8, 4) is 5.75 Å². The monoisotopic (exact) mass is 273 g/mol. The molecule has 0 saturated carbocycles. The highest BCUT2D eigenvalue weighted by Gasteiger charge is 2.29. The molecule has 0 radical (unpaired) electrons. The maximum atomic E-state index is 12.3. The van der Waals surface area contributed by atoms with Crippen LogP contribution in [0.25, 0.3) is 0 Å². The maximum absolute atomic E-state index is 12.3. The molecule has 0 bridgehead atoms. The number of carbonyl (C=O) groups excluding carboxylic acids is 1. The minimum Gasteiger partial charge on any atom is -0.488 e. The number of carbonyl (C=O) groups is 1. The molecule has 2 aromatic rings. The van der Waals surface area contributed by atoms with Gasteiger partial charge in [0.05, 0.1) is 12.7 Å². The highest BCUT2D eigenvalue weighted by atomic mass is 16.5. The highest BCUT2D eigenvalue weighted by molar-refractivity contribution is 5.94. The van der Waals surface area contributed by atoms with Crippen LogP contribution in [0.5, 0.6) is 5.75 Å². The van der Waals surface area contributed by atoms with Crippen molar-refractivity contribution in [2.45, 2.75) is 19.4 Å². The first-order chi connectivity index (χ1) is 9.74. The highest BCUT2D eigenvalue weighted by Crippen LogP contribution is 2.20. The first kappa shape index (κ1) is 12.7. The normalized spacial score (nSPS) is 18.2. The Labute approximate surface area is 116 Å². The van der Waals surface area contributed by atoms with E-state index in [4.69, 9.17) is 9.26 Å². The molecule has 1 fully saturated rings. The van der Waals surface area contributed by atoms with Crippen LogP contribution in [0, 0.1) is 6.92 Å². The summed E-state index contributed by atoms with van der Waals surface area (Å²) in [5, 5.41) is 3.64. The van der Waals surface area contributed by atoms with Crippen LogP contribution in [0.3, 0.4) is 0 Å². The lowest BCUT2D eigenvalue weighted by molar-refractivity contribution is 0.0770. The smallest absolute Gasteiger partial charge is 0.259 e. The van der Waals surface area contributed by atoms with E-state index in [1.54, 1.807) is 24.2 Å². The molecule has 20 heavy (non-hydrogen) atoms. The van der Waals surface area contributed by atoms with Crippen LogP contribution in [0.15, 0.2) is 35.2 Å². The van der Waals surface area contributed by atoms with E-state index in [0.717, 1.165) is 12.2 Å². The molecule has 6 heteroatoms. The molecule has 0 aliphatic carbocycles. The van der Waals surface area contributed by atoms with Crippen LogP contribution in [0.1, 0.15) is 22.5 Å². The Balaban J connectivity index is 1.62. The third-order valence-corrected chi connectivity index (χ3v) is 3.37. The topological polar surface area (TPSA) is 68.5 Å². The van der Waals surface area contributed by atoms with E-state index in [1.165, 1.54) is 6.20 Å². The molecule has 0 unspecified atom stereocenters. The average Bonchev–Trinajstić information content (AvgIpc) is 3.08. The van der Waals surface area contributed by atoms with Gasteiger partial charge < -0.3 is 14.2 Å². The summed E-state index contributed by atoms with van der Waals surface area (Å²) in [7, 11) is 0. The summed E-state index contributed by atoms with van der Waals surface area (Å²) in [5.41, 5.74) is 0.523. The number of likely N-dealkylation sites (tertiary alicyclic amines) is 1. The summed E-state index contributed by atoms with van der Waals surface area (Å²) < 4.78 is 10.8. The Morgan fingerprint density at radius 1 is 1.45 bits per heavy atom. The lowest BCUT2D eigenvalue weighted by atomic mass is 10.2. The van der Waals surface area contributed by atoms with E-state index in [1.807, 2.05) is 12.1 Å². The third-order valence-electron chi connectivity index (χ3n) is 3.37. The van der Waals surface area contributed by atoms with Crippen LogP contribution < -0.4 is 4.74 Å². The standard InChI is InChI=1S/C14H15N3O3/c1-10-13(8-16-20-10)14(18)17-7-4-12(9-17)19-11-2-5-15-6-3-11/h2-3,5-6,8,12H,4,7,9H2,1H3/t12-/m0/s1. The number of nitrogens with zero attached hydrogens (tertiary/aromatic N) is 3. The molecule has 104 valence electrons. The van der Waals surface area contributed by atoms with Crippen molar-refractivity contribution in [2.75, 3.05) is 13.1 Å². The molecule has 1 aliphatic rings. The van der Waals surface area contributed by atoms with Gasteiger partial charge in [-0.15, -0.1) is 0 Å². The van der Waals surface area contributed by atoms with E-state index < -0.39 is 0 Å². The van der Waals surface area contributed by atoms with Crippen LogP contribution >= 0.6 is 0 Å². The lowest BCUT2D eigenvalue weighted by Gasteiger charge is -2.16. The number of aryl methyl sites for hydroxylation is 1. The number of ether oxygens (including phenoxy) is 1. The molecule has 0 aromatic carbocycles. The molecule has 0 spiro atoms. The minimum atomic E-state index is -0.0513. The lowest BCUT2D eigenvalue weighted by Crippen LogP contribution is -2.31. The van der Waals surface area contributed by atoms with Gasteiger partial charge in [0, 0.05) is 25.4 Å². The molecule has 1 amide bonds. The summed E-state index contributed by atoms with van der Waals surface area (Å²) >= 11 is 0. The SMILES string of the molecule is Cc1oncc1C(=O)N1CC[C@H](Oc2ccncc2)C1. The van der Waals surface area contributed by atoms with Crippen molar-refractivity contribution in [1.29, 1.82) is 0 Å². The predicted molar refractivity (Wildman–Crippen MR) is 70.4 cm³/mol. The predicted octanol–water partition coefficient (Wildman–Crippen LogP) is 1.67. The summed E-state index contributed by atoms with van der Waals surface area (Å²) in [4.78, 5) is 18.0. The number of aromatic nitrogens is 2. The summed E-state index contributed by atoms with van der Waals surface area (Å²) in [6.45, 7) is 2.99. The van der Waals surface area contributed by atoms with Gasteiger partial charge in [-0.3, -0.25) is 9.78 Å². The van der Waals surface area contributed by atoms with Crippen LogP contribution in [0.4, 0.5) is 0 Å². The van der Waals surface area contributed by atoms with E-state index in [9.17, 15) is 4.79 Å². The fourth-order valence-electron chi connectivity index (χ4n) is 2.29. The number of hydrogen-bond acceptors (Lipinski definition) is 5. The van der Waals surface area contributed by atoms with Crippen LogP contribution in [-0.4, -0.2) is 40.1 Å². The van der Waals surface area contributed by atoms with Gasteiger partial charge in [0.25, 0.3) is 5.91 Å². The first-order valence-corrected chi connectivity index (χ1v) is 6.51. The summed E-state index contributed by atoms with van der Waals surface area (Å²) in [5.74, 6) is 1.28. The van der Waals surface area contributed by atoms with Crippen LogP contribution in [0.2, 0.25) is 0 Å². The van der Waals surface area contributed by atoms with Gasteiger partial charge in [-0.1, -0.05) is 5.16 Å². The molecular formula is C14H15N3O3. The third kappa shape index (κ3) is 2.49. The molecule has 2 aromatic heterocycles. The van der Waals surface area contributed by atoms with Gasteiger partial charge in [-0.05, 0) is 19.1 Å². The molecule has 0 N–H and O–H groups in total. The Kier molecular flexibility index (Phi) is 3.37. The first-order valence-electron chi connectivity index (χ1n) is 6.51. The van der Waals surface area contributed by atoms with Gasteiger partial charge in [0.15, 0.2) is 0 Å². The van der Waals surface area contributed by atoms with Crippen molar-refractivity contribution in [1.82, 2.24) is 15.0 Å². The number of amides is 1. The molecule has 3 heterocycles. The zero-order chi connectivity index (χ0) is 13.9. The molecule has 3 rings (SSSR count). The Morgan fingerprint density at radius 2 is 2.25 bits per heavy atom. The van der Waals surface area contributed by atoms with Crippen molar-refractivity contribution in [3.05, 3.63) is 42.0 Å². The van der Waals surface area contributed by atoms with Crippen molar-refractivity contribution in [2.24, 2.45) is 0 Å². The van der Waals surface area contributed by atoms with Gasteiger partial charge in [-0.25, -0.2) is 0 Å². The van der Waals surface area contributed by atoms with Crippen molar-refractivity contribution < 1.29 is 14.1 Å². The number of pyridine rings is 1. The number of rotatable bonds is 3. The molecule has 1 aliphatic heterocycles. The van der Waals surface area contributed by atoms with E-state index >= 15 is 0 Å². The van der Waals surface area contributed by atoms with Gasteiger partial charge in [0.2, 0.25) is 0 Å². The van der Waals surface area contributed by atoms with E-state index in [-0.39, 0.29) is 12.0 Å².